The predicted octanol–water partition coefficient (Wildman–Crippen LogP) is 2.84. The number of allylic oxidation sites excluding steroid dienone is 1. The lowest BCUT2D eigenvalue weighted by Crippen LogP contribution is -2.37. The Morgan fingerprint density at radius 2 is 2.05 bits per heavy atom. The average molecular weight is 284 g/mol. The largest absolute Gasteiger partial charge is 0.461 e. The molecular weight excluding hydrogens is 256 g/mol. The maximum absolute atomic E-state index is 11.3. The minimum atomic E-state index is -1.10. The Bertz CT molecular complexity index is 380. The highest BCUT2D eigenvalue weighted by molar-refractivity contribution is 5.73. The van der Waals surface area contributed by atoms with Crippen molar-refractivity contribution in [2.75, 3.05) is 6.61 Å². The van der Waals surface area contributed by atoms with Crippen LogP contribution in [0.4, 0.5) is 0 Å². The molecule has 0 heterocycles. The van der Waals surface area contributed by atoms with Gasteiger partial charge in [-0.1, -0.05) is 19.9 Å². The second-order valence-electron chi connectivity index (χ2n) is 7.13. The molecule has 0 amide bonds. The van der Waals surface area contributed by atoms with Crippen LogP contribution in [0.25, 0.3) is 0 Å². The lowest BCUT2D eigenvalue weighted by molar-refractivity contribution is -0.163. The molecule has 0 aromatic rings. The van der Waals surface area contributed by atoms with Gasteiger partial charge in [0.05, 0.1) is 11.7 Å². The molecule has 4 nitrogen and oxygen atoms in total. The summed E-state index contributed by atoms with van der Waals surface area (Å²) in [7, 11) is 0. The molecule has 0 fully saturated rings. The van der Waals surface area contributed by atoms with E-state index in [9.17, 15) is 4.79 Å². The molecule has 0 saturated heterocycles. The highest BCUT2D eigenvalue weighted by atomic mass is 16.6. The van der Waals surface area contributed by atoms with Crippen LogP contribution < -0.4 is 0 Å². The molecule has 4 heteroatoms. The summed E-state index contributed by atoms with van der Waals surface area (Å²) in [4.78, 5) is 11.3. The molecule has 0 spiro atoms. The standard InChI is InChI=1S/C16H28O4/c1-11(17)14(18)19-10-16(5,6)20-12(2)13-7-8-15(3,4)9-13/h7,11-12,17H,8-10H2,1-6H3/t11-,12?/m0/s1. The highest BCUT2D eigenvalue weighted by Gasteiger charge is 2.31. The minimum absolute atomic E-state index is 0.0111. The number of hydrogen-bond donors (Lipinski definition) is 1. The number of carbonyl (C=O) groups excluding carboxylic acids is 1. The van der Waals surface area contributed by atoms with Crippen molar-refractivity contribution < 1.29 is 19.4 Å². The fourth-order valence-corrected chi connectivity index (χ4v) is 2.37. The molecule has 0 bridgehead atoms. The van der Waals surface area contributed by atoms with Crippen molar-refractivity contribution in [1.29, 1.82) is 0 Å². The van der Waals surface area contributed by atoms with Crippen LogP contribution in [-0.4, -0.2) is 35.5 Å². The molecule has 0 aromatic carbocycles. The van der Waals surface area contributed by atoms with Crippen molar-refractivity contribution in [2.24, 2.45) is 5.41 Å². The first kappa shape index (κ1) is 17.2. The van der Waals surface area contributed by atoms with Crippen LogP contribution in [0.15, 0.2) is 11.6 Å². The van der Waals surface area contributed by atoms with Gasteiger partial charge < -0.3 is 14.6 Å². The van der Waals surface area contributed by atoms with E-state index in [1.807, 2.05) is 20.8 Å². The molecule has 20 heavy (non-hydrogen) atoms. The van der Waals surface area contributed by atoms with Crippen LogP contribution in [0.5, 0.6) is 0 Å². The second kappa shape index (κ2) is 6.27. The molecule has 1 aliphatic carbocycles. The van der Waals surface area contributed by atoms with E-state index in [0.29, 0.717) is 5.41 Å². The Morgan fingerprint density at radius 1 is 1.45 bits per heavy atom. The molecule has 1 rings (SSSR count). The van der Waals surface area contributed by atoms with Crippen molar-refractivity contribution in [3.63, 3.8) is 0 Å². The number of ether oxygens (including phenoxy) is 2. The first-order valence-corrected chi connectivity index (χ1v) is 7.24. The summed E-state index contributed by atoms with van der Waals surface area (Å²) in [6.07, 6.45) is 3.28. The number of hydrogen-bond acceptors (Lipinski definition) is 4. The molecule has 1 aliphatic rings. The van der Waals surface area contributed by atoms with Gasteiger partial charge in [0.2, 0.25) is 0 Å². The molecule has 0 aromatic heterocycles. The minimum Gasteiger partial charge on any atom is -0.461 e. The molecule has 0 aliphatic heterocycles. The number of aliphatic hydroxyl groups is 1. The molecule has 1 N–H and O–H groups in total. The molecular formula is C16H28O4. The van der Waals surface area contributed by atoms with Crippen LogP contribution in [0.3, 0.4) is 0 Å². The zero-order chi connectivity index (χ0) is 15.6. The van der Waals surface area contributed by atoms with Crippen molar-refractivity contribution in [3.8, 4) is 0 Å². The molecule has 116 valence electrons. The summed E-state index contributed by atoms with van der Waals surface area (Å²) < 4.78 is 11.1. The van der Waals surface area contributed by atoms with E-state index < -0.39 is 17.7 Å². The molecule has 2 atom stereocenters. The summed E-state index contributed by atoms with van der Waals surface area (Å²) in [6, 6.07) is 0. The summed E-state index contributed by atoms with van der Waals surface area (Å²) in [5.74, 6) is -0.615. The zero-order valence-corrected chi connectivity index (χ0v) is 13.5. The van der Waals surface area contributed by atoms with Crippen molar-refractivity contribution in [1.82, 2.24) is 0 Å². The predicted molar refractivity (Wildman–Crippen MR) is 78.4 cm³/mol. The van der Waals surface area contributed by atoms with Gasteiger partial charge in [0.15, 0.2) is 0 Å². The monoisotopic (exact) mass is 284 g/mol. The lowest BCUT2D eigenvalue weighted by atomic mass is 9.89. The van der Waals surface area contributed by atoms with E-state index in [4.69, 9.17) is 14.6 Å². The van der Waals surface area contributed by atoms with Gasteiger partial charge in [0.1, 0.15) is 12.7 Å². The van der Waals surface area contributed by atoms with Crippen molar-refractivity contribution >= 4 is 5.97 Å². The number of esters is 1. The van der Waals surface area contributed by atoms with Crippen molar-refractivity contribution in [2.45, 2.75) is 72.2 Å². The summed E-state index contributed by atoms with van der Waals surface area (Å²) in [5, 5.41) is 9.11. The van der Waals surface area contributed by atoms with E-state index in [2.05, 4.69) is 19.9 Å². The number of aliphatic hydroxyl groups excluding tert-OH is 1. The Balaban J connectivity index is 2.48. The average Bonchev–Trinajstić information content (AvgIpc) is 2.66. The summed E-state index contributed by atoms with van der Waals surface area (Å²) >= 11 is 0. The Kier molecular flexibility index (Phi) is 5.39. The van der Waals surface area contributed by atoms with E-state index >= 15 is 0 Å². The quantitative estimate of drug-likeness (QED) is 0.602. The number of carbonyl (C=O) groups is 1. The first-order chi connectivity index (χ1) is 9.02. The van der Waals surface area contributed by atoms with Gasteiger partial charge in [0.25, 0.3) is 0 Å². The highest BCUT2D eigenvalue weighted by Crippen LogP contribution is 2.38. The SMILES string of the molecule is CC(OC(C)(C)COC(=O)[C@H](C)O)C1=CCC(C)(C)C1. The molecule has 1 unspecified atom stereocenters. The van der Waals surface area contributed by atoms with Crippen LogP contribution in [0.2, 0.25) is 0 Å². The second-order valence-corrected chi connectivity index (χ2v) is 7.13. The van der Waals surface area contributed by atoms with E-state index in [0.717, 1.165) is 12.8 Å². The normalized spacial score (nSPS) is 21.2. The first-order valence-electron chi connectivity index (χ1n) is 7.24. The van der Waals surface area contributed by atoms with Gasteiger partial charge in [-0.2, -0.15) is 0 Å². The fourth-order valence-electron chi connectivity index (χ4n) is 2.37. The Hall–Kier alpha value is -0.870. The maximum Gasteiger partial charge on any atom is 0.334 e. The third-order valence-corrected chi connectivity index (χ3v) is 3.52. The maximum atomic E-state index is 11.3. The van der Waals surface area contributed by atoms with Gasteiger partial charge in [-0.05, 0) is 51.5 Å². The van der Waals surface area contributed by atoms with Crippen LogP contribution in [0, 0.1) is 5.41 Å². The van der Waals surface area contributed by atoms with Gasteiger partial charge in [-0.15, -0.1) is 0 Å². The third-order valence-electron chi connectivity index (χ3n) is 3.52. The summed E-state index contributed by atoms with van der Waals surface area (Å²) in [5.41, 5.74) is 1.05. The third kappa shape index (κ3) is 5.25. The van der Waals surface area contributed by atoms with Crippen LogP contribution >= 0.6 is 0 Å². The van der Waals surface area contributed by atoms with E-state index in [1.54, 1.807) is 0 Å². The lowest BCUT2D eigenvalue weighted by Gasteiger charge is -2.30. The Labute approximate surface area is 122 Å². The van der Waals surface area contributed by atoms with Gasteiger partial charge in [0, 0.05) is 0 Å². The van der Waals surface area contributed by atoms with Gasteiger partial charge in [-0.3, -0.25) is 0 Å². The Morgan fingerprint density at radius 3 is 2.50 bits per heavy atom. The van der Waals surface area contributed by atoms with E-state index in [1.165, 1.54) is 12.5 Å². The molecule has 0 saturated carbocycles. The van der Waals surface area contributed by atoms with Crippen molar-refractivity contribution in [3.05, 3.63) is 11.6 Å². The van der Waals surface area contributed by atoms with E-state index in [-0.39, 0.29) is 12.7 Å². The molecule has 0 radical (unpaired) electrons. The number of rotatable bonds is 6. The van der Waals surface area contributed by atoms with Gasteiger partial charge in [-0.25, -0.2) is 4.79 Å². The summed E-state index contributed by atoms with van der Waals surface area (Å²) in [6.45, 7) is 11.8. The van der Waals surface area contributed by atoms with Crippen LogP contribution in [-0.2, 0) is 14.3 Å². The fraction of sp³-hybridized carbons (Fsp3) is 0.812. The van der Waals surface area contributed by atoms with Gasteiger partial charge >= 0.3 is 5.97 Å². The van der Waals surface area contributed by atoms with Crippen LogP contribution in [0.1, 0.15) is 54.4 Å². The zero-order valence-electron chi connectivity index (χ0n) is 13.5. The smallest absolute Gasteiger partial charge is 0.334 e. The topological polar surface area (TPSA) is 55.8 Å².